The van der Waals surface area contributed by atoms with Crippen LogP contribution in [0.5, 0.6) is 0 Å². The molecule has 0 aromatic carbocycles. The Balaban J connectivity index is 2.50. The fourth-order valence-corrected chi connectivity index (χ4v) is 1.22. The van der Waals surface area contributed by atoms with Gasteiger partial charge < -0.3 is 15.2 Å². The summed E-state index contributed by atoms with van der Waals surface area (Å²) < 4.78 is 0. The normalized spacial score (nSPS) is 10.5. The summed E-state index contributed by atoms with van der Waals surface area (Å²) >= 11 is 0. The van der Waals surface area contributed by atoms with E-state index >= 15 is 0 Å². The first kappa shape index (κ1) is 12.4. The van der Waals surface area contributed by atoms with Crippen LogP contribution in [0.3, 0.4) is 0 Å². The van der Waals surface area contributed by atoms with Crippen LogP contribution in [0.15, 0.2) is 12.3 Å². The monoisotopic (exact) mass is 223 g/mol. The lowest BCUT2D eigenvalue weighted by Gasteiger charge is -2.09. The third-order valence-corrected chi connectivity index (χ3v) is 2.18. The highest BCUT2D eigenvalue weighted by atomic mass is 16.2. The van der Waals surface area contributed by atoms with Gasteiger partial charge >= 0.3 is 0 Å². The minimum absolute atomic E-state index is 0.0522. The van der Waals surface area contributed by atoms with Crippen LogP contribution >= 0.6 is 0 Å². The van der Waals surface area contributed by atoms with Crippen molar-refractivity contribution in [1.29, 1.82) is 0 Å². The molecule has 0 aliphatic heterocycles. The van der Waals surface area contributed by atoms with Gasteiger partial charge in [-0.25, -0.2) is 0 Å². The molecular weight excluding hydrogens is 206 g/mol. The lowest BCUT2D eigenvalue weighted by atomic mass is 10.2. The maximum atomic E-state index is 11.6. The molecule has 0 saturated carbocycles. The molecule has 0 aliphatic rings. The smallest absolute Gasteiger partial charge is 0.267 e. The van der Waals surface area contributed by atoms with Crippen LogP contribution in [-0.2, 0) is 0 Å². The molecule has 5 heteroatoms. The van der Waals surface area contributed by atoms with Crippen LogP contribution in [0.2, 0.25) is 0 Å². The third-order valence-electron chi connectivity index (χ3n) is 2.18. The molecule has 1 aromatic heterocycles. The number of likely N-dealkylation sites (N-methyl/N-ethyl adjacent to an activating group) is 1. The third kappa shape index (κ3) is 3.51. The molecule has 5 nitrogen and oxygen atoms in total. The van der Waals surface area contributed by atoms with Gasteiger partial charge in [0.2, 0.25) is 0 Å². The molecule has 1 rings (SSSR count). The van der Waals surface area contributed by atoms with E-state index in [1.165, 1.54) is 6.92 Å². The quantitative estimate of drug-likeness (QED) is 0.715. The Bertz CT molecular complexity index is 382. The van der Waals surface area contributed by atoms with Crippen molar-refractivity contribution >= 4 is 11.7 Å². The van der Waals surface area contributed by atoms with Crippen molar-refractivity contribution in [3.63, 3.8) is 0 Å². The highest BCUT2D eigenvalue weighted by Crippen LogP contribution is 2.03. The van der Waals surface area contributed by atoms with Crippen LogP contribution < -0.4 is 5.32 Å². The Morgan fingerprint density at radius 3 is 2.62 bits per heavy atom. The molecule has 1 aromatic rings. The predicted octanol–water partition coefficient (Wildman–Crippen LogP) is 0.509. The van der Waals surface area contributed by atoms with E-state index in [0.717, 1.165) is 6.54 Å². The summed E-state index contributed by atoms with van der Waals surface area (Å²) in [5, 5.41) is 2.76. The Morgan fingerprint density at radius 1 is 1.44 bits per heavy atom. The second-order valence-electron chi connectivity index (χ2n) is 3.92. The van der Waals surface area contributed by atoms with Crippen molar-refractivity contribution in [2.24, 2.45) is 0 Å². The maximum absolute atomic E-state index is 11.6. The zero-order chi connectivity index (χ0) is 12.1. The molecule has 0 unspecified atom stereocenters. The van der Waals surface area contributed by atoms with E-state index in [-0.39, 0.29) is 11.7 Å². The van der Waals surface area contributed by atoms with E-state index in [1.54, 1.807) is 12.3 Å². The first-order valence-corrected chi connectivity index (χ1v) is 5.13. The lowest BCUT2D eigenvalue weighted by molar-refractivity contribution is 0.0946. The van der Waals surface area contributed by atoms with Crippen molar-refractivity contribution in [2.75, 3.05) is 27.2 Å². The summed E-state index contributed by atoms with van der Waals surface area (Å²) in [4.78, 5) is 27.4. The molecule has 0 atom stereocenters. The van der Waals surface area contributed by atoms with E-state index < -0.39 is 0 Å². The average Bonchev–Trinajstić information content (AvgIpc) is 2.65. The second-order valence-corrected chi connectivity index (χ2v) is 3.92. The van der Waals surface area contributed by atoms with E-state index in [2.05, 4.69) is 10.3 Å². The van der Waals surface area contributed by atoms with Gasteiger partial charge in [0.15, 0.2) is 5.78 Å². The number of hydrogen-bond donors (Lipinski definition) is 2. The highest BCUT2D eigenvalue weighted by molar-refractivity contribution is 5.99. The van der Waals surface area contributed by atoms with Crippen LogP contribution in [0.4, 0.5) is 0 Å². The van der Waals surface area contributed by atoms with E-state index in [4.69, 9.17) is 0 Å². The number of nitrogens with one attached hydrogen (secondary N) is 2. The number of aromatic amines is 1. The molecular formula is C11H17N3O2. The summed E-state index contributed by atoms with van der Waals surface area (Å²) in [5.74, 6) is -0.238. The number of rotatable bonds is 5. The summed E-state index contributed by atoms with van der Waals surface area (Å²) in [5.41, 5.74) is 0.946. The van der Waals surface area contributed by atoms with Crippen LogP contribution in [0.25, 0.3) is 0 Å². The molecule has 0 fully saturated rings. The molecule has 0 aliphatic carbocycles. The van der Waals surface area contributed by atoms with Crippen LogP contribution in [0.1, 0.15) is 27.8 Å². The fourth-order valence-electron chi connectivity index (χ4n) is 1.22. The van der Waals surface area contributed by atoms with Crippen molar-refractivity contribution in [3.8, 4) is 0 Å². The highest BCUT2D eigenvalue weighted by Gasteiger charge is 2.09. The molecule has 0 spiro atoms. The molecule has 0 bridgehead atoms. The number of Topliss-reactive ketones (excluding diaryl/α,β-unsaturated/α-hetero) is 1. The van der Waals surface area contributed by atoms with E-state index in [9.17, 15) is 9.59 Å². The minimum atomic E-state index is -0.186. The minimum Gasteiger partial charge on any atom is -0.356 e. The number of hydrogen-bond acceptors (Lipinski definition) is 3. The summed E-state index contributed by atoms with van der Waals surface area (Å²) in [6.45, 7) is 2.84. The van der Waals surface area contributed by atoms with Gasteiger partial charge in [0, 0.05) is 24.8 Å². The van der Waals surface area contributed by atoms with Crippen molar-refractivity contribution < 1.29 is 9.59 Å². The predicted molar refractivity (Wildman–Crippen MR) is 61.7 cm³/mol. The Labute approximate surface area is 94.8 Å². The van der Waals surface area contributed by atoms with Gasteiger partial charge in [0.05, 0.1) is 0 Å². The van der Waals surface area contributed by atoms with Gasteiger partial charge in [0.1, 0.15) is 5.69 Å². The lowest BCUT2D eigenvalue weighted by Crippen LogP contribution is -2.31. The van der Waals surface area contributed by atoms with E-state index in [1.807, 2.05) is 19.0 Å². The van der Waals surface area contributed by atoms with Crippen molar-refractivity contribution in [1.82, 2.24) is 15.2 Å². The van der Waals surface area contributed by atoms with Gasteiger partial charge in [-0.1, -0.05) is 0 Å². The zero-order valence-corrected chi connectivity index (χ0v) is 9.83. The zero-order valence-electron chi connectivity index (χ0n) is 9.83. The van der Waals surface area contributed by atoms with Crippen LogP contribution in [0, 0.1) is 0 Å². The number of nitrogens with zero attached hydrogens (tertiary/aromatic N) is 1. The van der Waals surface area contributed by atoms with Crippen molar-refractivity contribution in [3.05, 3.63) is 23.5 Å². The standard InChI is InChI=1S/C11H17N3O2/c1-8(15)9-6-10(13-7-9)11(16)12-4-5-14(2)3/h6-7,13H,4-5H2,1-3H3,(H,12,16). The number of carbonyl (C=O) groups excluding carboxylic acids is 2. The number of amides is 1. The Morgan fingerprint density at radius 2 is 2.12 bits per heavy atom. The summed E-state index contributed by atoms with van der Waals surface area (Å²) in [6.07, 6.45) is 1.54. The largest absolute Gasteiger partial charge is 0.356 e. The van der Waals surface area contributed by atoms with Gasteiger partial charge in [0.25, 0.3) is 5.91 Å². The number of carbonyl (C=O) groups is 2. The molecule has 0 radical (unpaired) electrons. The maximum Gasteiger partial charge on any atom is 0.267 e. The van der Waals surface area contributed by atoms with Crippen molar-refractivity contribution in [2.45, 2.75) is 6.92 Å². The Kier molecular flexibility index (Phi) is 4.25. The van der Waals surface area contributed by atoms with Gasteiger partial charge in [-0.2, -0.15) is 0 Å². The van der Waals surface area contributed by atoms with Gasteiger partial charge in [-0.05, 0) is 27.1 Å². The number of H-pyrrole nitrogens is 1. The van der Waals surface area contributed by atoms with Crippen LogP contribution in [-0.4, -0.2) is 48.8 Å². The Hall–Kier alpha value is -1.62. The summed E-state index contributed by atoms with van der Waals surface area (Å²) in [6, 6.07) is 1.56. The number of aromatic nitrogens is 1. The first-order valence-electron chi connectivity index (χ1n) is 5.13. The fraction of sp³-hybridized carbons (Fsp3) is 0.455. The molecule has 1 heterocycles. The first-order chi connectivity index (χ1) is 7.50. The molecule has 88 valence electrons. The number of ketones is 1. The summed E-state index contributed by atoms with van der Waals surface area (Å²) in [7, 11) is 3.88. The molecule has 16 heavy (non-hydrogen) atoms. The second kappa shape index (κ2) is 5.46. The van der Waals surface area contributed by atoms with Gasteiger partial charge in [-0.3, -0.25) is 9.59 Å². The average molecular weight is 223 g/mol. The SMILES string of the molecule is CC(=O)c1c[nH]c(C(=O)NCCN(C)C)c1. The van der Waals surface area contributed by atoms with Gasteiger partial charge in [-0.15, -0.1) is 0 Å². The topological polar surface area (TPSA) is 65.2 Å². The molecule has 0 saturated heterocycles. The molecule has 1 amide bonds. The van der Waals surface area contributed by atoms with E-state index in [0.29, 0.717) is 17.8 Å². The molecule has 2 N–H and O–H groups in total.